The highest BCUT2D eigenvalue weighted by Crippen LogP contribution is 2.40. The van der Waals surface area contributed by atoms with Gasteiger partial charge in [0, 0.05) is 27.9 Å². The van der Waals surface area contributed by atoms with Crippen molar-refractivity contribution >= 4 is 75.1 Å². The standard InChI is InChI=1S/C42H34N4O7S2/c1-26-34(42(51)52-2)41(55-35(26)39(49)43-29-18-10-5-11-19-29)46-40(50)36(27-14-6-3-7-15-27)54-32-22-12-20-30(24-32)44-38(48)33(25-31-21-13-23-53-31)45-37(47)28-16-8-4-9-17-28/h3-25,36H,1-2H3,(H,43,49)(H,44,48)(H,45,47)(H,46,50)/b33-25-. The van der Waals surface area contributed by atoms with Gasteiger partial charge in [-0.1, -0.05) is 72.8 Å². The van der Waals surface area contributed by atoms with Crippen LogP contribution >= 0.6 is 23.1 Å². The van der Waals surface area contributed by atoms with Crippen molar-refractivity contribution in [2.24, 2.45) is 0 Å². The van der Waals surface area contributed by atoms with Gasteiger partial charge in [-0.05, 0) is 72.6 Å². The molecule has 0 radical (unpaired) electrons. The molecule has 1 unspecified atom stereocenters. The molecule has 2 aromatic heterocycles. The zero-order chi connectivity index (χ0) is 38.7. The van der Waals surface area contributed by atoms with Crippen molar-refractivity contribution in [1.82, 2.24) is 5.32 Å². The molecule has 4 N–H and O–H groups in total. The molecule has 0 bridgehead atoms. The van der Waals surface area contributed by atoms with Crippen molar-refractivity contribution in [3.63, 3.8) is 0 Å². The number of esters is 1. The monoisotopic (exact) mass is 770 g/mol. The number of nitrogens with one attached hydrogen (secondary N) is 4. The zero-order valence-electron chi connectivity index (χ0n) is 29.5. The van der Waals surface area contributed by atoms with Gasteiger partial charge >= 0.3 is 5.97 Å². The summed E-state index contributed by atoms with van der Waals surface area (Å²) in [5, 5.41) is 10.6. The number of furan rings is 1. The van der Waals surface area contributed by atoms with Gasteiger partial charge < -0.3 is 30.4 Å². The predicted molar refractivity (Wildman–Crippen MR) is 214 cm³/mol. The number of hydrogen-bond donors (Lipinski definition) is 4. The summed E-state index contributed by atoms with van der Waals surface area (Å²) in [4.78, 5) is 67.9. The number of hydrogen-bond acceptors (Lipinski definition) is 9. The van der Waals surface area contributed by atoms with Gasteiger partial charge in [0.25, 0.3) is 17.7 Å². The highest BCUT2D eigenvalue weighted by molar-refractivity contribution is 8.00. The Morgan fingerprint density at radius 1 is 0.745 bits per heavy atom. The summed E-state index contributed by atoms with van der Waals surface area (Å²) in [5.41, 5.74) is 2.41. The normalized spacial score (nSPS) is 11.6. The first kappa shape index (κ1) is 38.0. The number of benzene rings is 4. The lowest BCUT2D eigenvalue weighted by molar-refractivity contribution is -0.116. The average molecular weight is 771 g/mol. The molecule has 0 aliphatic rings. The lowest BCUT2D eigenvalue weighted by Crippen LogP contribution is -2.30. The summed E-state index contributed by atoms with van der Waals surface area (Å²) in [6, 6.07) is 36.7. The van der Waals surface area contributed by atoms with Crippen molar-refractivity contribution in [2.75, 3.05) is 23.1 Å². The number of ether oxygens (including phenoxy) is 1. The average Bonchev–Trinajstić information content (AvgIpc) is 3.84. The maximum absolute atomic E-state index is 14.2. The quantitative estimate of drug-likeness (QED) is 0.0517. The topological polar surface area (TPSA) is 156 Å². The molecule has 276 valence electrons. The minimum atomic E-state index is -0.832. The SMILES string of the molecule is COC(=O)c1c(NC(=O)C(Sc2cccc(NC(=O)/C(=C/c3ccco3)NC(=O)c3ccccc3)c2)c2ccccc2)sc(C(=O)Nc2ccccc2)c1C. The number of para-hydroxylation sites is 1. The Bertz CT molecular complexity index is 2340. The van der Waals surface area contributed by atoms with E-state index in [1.165, 1.54) is 31.2 Å². The van der Waals surface area contributed by atoms with Crippen LogP contribution in [0.2, 0.25) is 0 Å². The van der Waals surface area contributed by atoms with Gasteiger partial charge in [-0.3, -0.25) is 19.2 Å². The number of amides is 4. The van der Waals surface area contributed by atoms with Crippen molar-refractivity contribution in [1.29, 1.82) is 0 Å². The second-order valence-corrected chi connectivity index (χ2v) is 14.0. The molecule has 11 nitrogen and oxygen atoms in total. The van der Waals surface area contributed by atoms with E-state index in [1.54, 1.807) is 97.9 Å². The van der Waals surface area contributed by atoms with Crippen LogP contribution in [-0.2, 0) is 14.3 Å². The van der Waals surface area contributed by atoms with Crippen LogP contribution in [-0.4, -0.2) is 36.7 Å². The number of rotatable bonds is 13. The molecule has 0 aliphatic heterocycles. The van der Waals surface area contributed by atoms with E-state index in [0.29, 0.717) is 38.7 Å². The number of thioether (sulfide) groups is 1. The lowest BCUT2D eigenvalue weighted by atomic mass is 10.1. The minimum absolute atomic E-state index is 0.0483. The Morgan fingerprint density at radius 3 is 2.09 bits per heavy atom. The van der Waals surface area contributed by atoms with E-state index in [2.05, 4.69) is 21.3 Å². The smallest absolute Gasteiger partial charge is 0.341 e. The highest BCUT2D eigenvalue weighted by atomic mass is 32.2. The summed E-state index contributed by atoms with van der Waals surface area (Å²) < 4.78 is 10.4. The second-order valence-electron chi connectivity index (χ2n) is 11.8. The van der Waals surface area contributed by atoms with E-state index in [1.807, 2.05) is 36.4 Å². The van der Waals surface area contributed by atoms with E-state index >= 15 is 0 Å². The van der Waals surface area contributed by atoms with Crippen LogP contribution in [0.4, 0.5) is 16.4 Å². The van der Waals surface area contributed by atoms with Crippen molar-refractivity contribution < 1.29 is 33.1 Å². The number of methoxy groups -OCH3 is 1. The minimum Gasteiger partial charge on any atom is -0.465 e. The summed E-state index contributed by atoms with van der Waals surface area (Å²) >= 11 is 2.19. The Balaban J connectivity index is 1.24. The molecule has 13 heteroatoms. The van der Waals surface area contributed by atoms with E-state index in [9.17, 15) is 24.0 Å². The number of carbonyl (C=O) groups excluding carboxylic acids is 5. The first-order chi connectivity index (χ1) is 26.7. The van der Waals surface area contributed by atoms with E-state index in [-0.39, 0.29) is 21.1 Å². The first-order valence-electron chi connectivity index (χ1n) is 16.8. The molecule has 4 amide bonds. The summed E-state index contributed by atoms with van der Waals surface area (Å²) in [7, 11) is 1.23. The molecule has 0 saturated carbocycles. The van der Waals surface area contributed by atoms with Crippen LogP contribution in [0, 0.1) is 6.92 Å². The third-order valence-electron chi connectivity index (χ3n) is 8.06. The van der Waals surface area contributed by atoms with Crippen LogP contribution < -0.4 is 21.3 Å². The van der Waals surface area contributed by atoms with Crippen molar-refractivity contribution in [3.05, 3.63) is 172 Å². The van der Waals surface area contributed by atoms with Gasteiger partial charge in [0.05, 0.1) is 23.8 Å². The molecule has 2 heterocycles. The van der Waals surface area contributed by atoms with Gasteiger partial charge in [0.1, 0.15) is 21.7 Å². The molecular weight excluding hydrogens is 737 g/mol. The molecule has 6 aromatic rings. The third kappa shape index (κ3) is 9.65. The van der Waals surface area contributed by atoms with Crippen LogP contribution in [0.15, 0.2) is 149 Å². The lowest BCUT2D eigenvalue weighted by Gasteiger charge is -2.18. The van der Waals surface area contributed by atoms with Gasteiger partial charge in [0.15, 0.2) is 0 Å². The first-order valence-corrected chi connectivity index (χ1v) is 18.5. The predicted octanol–water partition coefficient (Wildman–Crippen LogP) is 8.57. The van der Waals surface area contributed by atoms with Gasteiger partial charge in [-0.2, -0.15) is 0 Å². The molecule has 6 rings (SSSR count). The third-order valence-corrected chi connectivity index (χ3v) is 10.5. The molecule has 0 aliphatic carbocycles. The van der Waals surface area contributed by atoms with Crippen LogP contribution in [0.5, 0.6) is 0 Å². The van der Waals surface area contributed by atoms with E-state index < -0.39 is 34.8 Å². The number of thiophene rings is 1. The van der Waals surface area contributed by atoms with E-state index in [4.69, 9.17) is 9.15 Å². The molecular formula is C42H34N4O7S2. The Kier molecular flexibility index (Phi) is 12.4. The number of carbonyl (C=O) groups is 5. The summed E-state index contributed by atoms with van der Waals surface area (Å²) in [6.45, 7) is 1.63. The Morgan fingerprint density at radius 2 is 1.42 bits per heavy atom. The molecule has 4 aromatic carbocycles. The molecule has 0 saturated heterocycles. The van der Waals surface area contributed by atoms with E-state index in [0.717, 1.165) is 11.3 Å². The van der Waals surface area contributed by atoms with Gasteiger partial charge in [-0.25, -0.2) is 4.79 Å². The maximum Gasteiger partial charge on any atom is 0.341 e. The second kappa shape index (κ2) is 17.9. The maximum atomic E-state index is 14.2. The zero-order valence-corrected chi connectivity index (χ0v) is 31.2. The summed E-state index contributed by atoms with van der Waals surface area (Å²) in [6.07, 6.45) is 2.88. The molecule has 0 spiro atoms. The highest BCUT2D eigenvalue weighted by Gasteiger charge is 2.30. The van der Waals surface area contributed by atoms with Gasteiger partial charge in [0.2, 0.25) is 5.91 Å². The molecule has 55 heavy (non-hydrogen) atoms. The Hall–Kier alpha value is -6.70. The molecule has 0 fully saturated rings. The fourth-order valence-electron chi connectivity index (χ4n) is 5.39. The van der Waals surface area contributed by atoms with Crippen LogP contribution in [0.1, 0.15) is 52.5 Å². The van der Waals surface area contributed by atoms with Crippen molar-refractivity contribution in [3.8, 4) is 0 Å². The largest absolute Gasteiger partial charge is 0.465 e. The fourth-order valence-corrected chi connectivity index (χ4v) is 7.57. The molecule has 1 atom stereocenters. The van der Waals surface area contributed by atoms with Crippen molar-refractivity contribution in [2.45, 2.75) is 17.1 Å². The van der Waals surface area contributed by atoms with Crippen LogP contribution in [0.3, 0.4) is 0 Å². The van der Waals surface area contributed by atoms with Crippen LogP contribution in [0.25, 0.3) is 6.08 Å². The Labute approximate surface area is 324 Å². The number of anilines is 3. The summed E-state index contributed by atoms with van der Waals surface area (Å²) in [5.74, 6) is -2.31. The fraction of sp³-hybridized carbons (Fsp3) is 0.0714. The van der Waals surface area contributed by atoms with Gasteiger partial charge in [-0.15, -0.1) is 23.1 Å².